The first-order chi connectivity index (χ1) is 27.9. The lowest BCUT2D eigenvalue weighted by Gasteiger charge is -2.39. The molecule has 0 saturated carbocycles. The molecule has 0 N–H and O–H groups in total. The first-order valence-corrected chi connectivity index (χ1v) is 20.3. The molecule has 4 heteroatoms. The molecule has 0 aliphatic carbocycles. The van der Waals surface area contributed by atoms with Crippen LogP contribution in [0.3, 0.4) is 0 Å². The fraction of sp³-hybridized carbons (Fsp3) is 0.151. The monoisotopic (exact) mass is 736 g/mol. The van der Waals surface area contributed by atoms with Crippen LogP contribution in [0.4, 0.5) is 0 Å². The molecule has 0 radical (unpaired) electrons. The Morgan fingerprint density at radius 1 is 0.526 bits per heavy atom. The van der Waals surface area contributed by atoms with Crippen LogP contribution in [0, 0.1) is 5.92 Å². The average Bonchev–Trinajstić information content (AvgIpc) is 3.90. The van der Waals surface area contributed by atoms with E-state index in [0.717, 1.165) is 41.1 Å². The molecule has 10 aromatic rings. The summed E-state index contributed by atoms with van der Waals surface area (Å²) >= 11 is 0. The molecule has 57 heavy (non-hydrogen) atoms. The molecule has 0 spiro atoms. The maximum Gasteiger partial charge on any atom is 0.0785 e. The van der Waals surface area contributed by atoms with Gasteiger partial charge in [0.2, 0.25) is 0 Å². The van der Waals surface area contributed by atoms with Crippen LogP contribution in [0.2, 0.25) is 0 Å². The molecular formula is C53H44N4. The number of fused-ring (bicyclic) bond motifs is 10. The first-order valence-electron chi connectivity index (χ1n) is 20.3. The van der Waals surface area contributed by atoms with Gasteiger partial charge in [-0.15, -0.1) is 0 Å². The standard InChI is InChI=1S/C53H44N4/c1-34-31-32-53(4,35(2)50(54-36(34)3)37-17-16-20-39(33-37)55-46-25-12-8-21-40(46)41-22-9-13-26-47(41)55)57-49-28-15-11-24-43(49)45-30-29-44-42-23-10-14-27-48(42)56(51(44)52(45)57)38-18-6-5-7-19-38/h5-30,33-34,36H,2,31-32H2,1,3-4H3. The SMILES string of the molecule is C=C1C(c2cccc(-n3c4ccccc4c4ccccc43)c2)=NC(C)C(C)CCC1(C)n1c2ccccc2c2ccc3c4ccccc4n(-c4ccccc4)c3c21. The lowest BCUT2D eigenvalue weighted by Crippen LogP contribution is -2.38. The quantitative estimate of drug-likeness (QED) is 0.172. The van der Waals surface area contributed by atoms with E-state index in [-0.39, 0.29) is 6.04 Å². The third kappa shape index (κ3) is 4.89. The molecule has 0 fully saturated rings. The lowest BCUT2D eigenvalue weighted by molar-refractivity contribution is 0.318. The van der Waals surface area contributed by atoms with Crippen LogP contribution in [-0.2, 0) is 5.54 Å². The zero-order chi connectivity index (χ0) is 38.4. The van der Waals surface area contributed by atoms with Crippen LogP contribution >= 0.6 is 0 Å². The van der Waals surface area contributed by atoms with Crippen molar-refractivity contribution in [2.75, 3.05) is 0 Å². The Balaban J connectivity index is 1.19. The fourth-order valence-electron chi connectivity index (χ4n) is 9.91. The Morgan fingerprint density at radius 3 is 1.68 bits per heavy atom. The van der Waals surface area contributed by atoms with E-state index in [9.17, 15) is 0 Å². The van der Waals surface area contributed by atoms with Crippen molar-refractivity contribution in [2.24, 2.45) is 10.9 Å². The van der Waals surface area contributed by atoms with Gasteiger partial charge < -0.3 is 13.7 Å². The number of para-hydroxylation sites is 5. The van der Waals surface area contributed by atoms with Gasteiger partial charge in [-0.05, 0) is 86.7 Å². The van der Waals surface area contributed by atoms with Gasteiger partial charge in [0.05, 0.1) is 44.9 Å². The number of aliphatic imine (C=N–C) groups is 1. The number of aromatic nitrogens is 3. The van der Waals surface area contributed by atoms with Crippen molar-refractivity contribution in [1.29, 1.82) is 0 Å². The fourth-order valence-corrected chi connectivity index (χ4v) is 9.91. The molecule has 7 aromatic carbocycles. The number of hydrogen-bond donors (Lipinski definition) is 0. The van der Waals surface area contributed by atoms with Gasteiger partial charge >= 0.3 is 0 Å². The van der Waals surface area contributed by atoms with Crippen molar-refractivity contribution in [2.45, 2.75) is 45.2 Å². The minimum Gasteiger partial charge on any atom is -0.329 e. The van der Waals surface area contributed by atoms with Crippen molar-refractivity contribution in [1.82, 2.24) is 13.7 Å². The summed E-state index contributed by atoms with van der Waals surface area (Å²) in [6.07, 6.45) is 1.96. The van der Waals surface area contributed by atoms with Gasteiger partial charge in [-0.25, -0.2) is 0 Å². The molecular weight excluding hydrogens is 693 g/mol. The Kier molecular flexibility index (Phi) is 7.50. The highest BCUT2D eigenvalue weighted by Gasteiger charge is 2.39. The Morgan fingerprint density at radius 2 is 1.04 bits per heavy atom. The van der Waals surface area contributed by atoms with Gasteiger partial charge in [0.1, 0.15) is 0 Å². The van der Waals surface area contributed by atoms with Gasteiger partial charge in [-0.2, -0.15) is 0 Å². The van der Waals surface area contributed by atoms with Crippen molar-refractivity contribution < 1.29 is 0 Å². The minimum atomic E-state index is -0.510. The summed E-state index contributed by atoms with van der Waals surface area (Å²) in [4.78, 5) is 5.63. The highest BCUT2D eigenvalue weighted by molar-refractivity contribution is 6.24. The van der Waals surface area contributed by atoms with Crippen LogP contribution < -0.4 is 0 Å². The van der Waals surface area contributed by atoms with Gasteiger partial charge in [0.15, 0.2) is 0 Å². The van der Waals surface area contributed by atoms with E-state index in [1.807, 2.05) is 0 Å². The van der Waals surface area contributed by atoms with Crippen molar-refractivity contribution >= 4 is 71.1 Å². The maximum absolute atomic E-state index is 5.63. The number of hydrogen-bond acceptors (Lipinski definition) is 1. The van der Waals surface area contributed by atoms with Gasteiger partial charge in [0, 0.05) is 54.8 Å². The molecule has 3 atom stereocenters. The molecule has 3 unspecified atom stereocenters. The number of benzene rings is 7. The summed E-state index contributed by atoms with van der Waals surface area (Å²) in [5.74, 6) is 0.386. The third-order valence-corrected chi connectivity index (χ3v) is 13.1. The van der Waals surface area contributed by atoms with Crippen LogP contribution in [0.5, 0.6) is 0 Å². The Bertz CT molecular complexity index is 3210. The van der Waals surface area contributed by atoms with E-state index in [4.69, 9.17) is 11.6 Å². The second kappa shape index (κ2) is 12.7. The van der Waals surface area contributed by atoms with Gasteiger partial charge in [-0.1, -0.05) is 129 Å². The summed E-state index contributed by atoms with van der Waals surface area (Å²) in [6, 6.07) is 59.9. The van der Waals surface area contributed by atoms with E-state index >= 15 is 0 Å². The lowest BCUT2D eigenvalue weighted by atomic mass is 9.78. The van der Waals surface area contributed by atoms with E-state index < -0.39 is 5.54 Å². The summed E-state index contributed by atoms with van der Waals surface area (Å²) in [7, 11) is 0. The van der Waals surface area contributed by atoms with Crippen molar-refractivity contribution in [3.8, 4) is 11.4 Å². The zero-order valence-corrected chi connectivity index (χ0v) is 32.7. The molecule has 1 aliphatic heterocycles. The second-order valence-corrected chi connectivity index (χ2v) is 16.3. The second-order valence-electron chi connectivity index (χ2n) is 16.3. The van der Waals surface area contributed by atoms with E-state index in [2.05, 4.69) is 198 Å². The molecule has 0 bridgehead atoms. The summed E-state index contributed by atoms with van der Waals surface area (Å²) in [5, 5.41) is 7.52. The normalized spacial score (nSPS) is 19.2. The third-order valence-electron chi connectivity index (χ3n) is 13.1. The topological polar surface area (TPSA) is 27.1 Å². The number of nitrogens with zero attached hydrogens (tertiary/aromatic N) is 4. The largest absolute Gasteiger partial charge is 0.329 e. The molecule has 0 amide bonds. The highest BCUT2D eigenvalue weighted by Crippen LogP contribution is 2.47. The Labute approximate surface area is 332 Å². The smallest absolute Gasteiger partial charge is 0.0785 e. The number of rotatable bonds is 4. The summed E-state index contributed by atoms with van der Waals surface area (Å²) in [5.41, 5.74) is 12.2. The predicted molar refractivity (Wildman–Crippen MR) is 242 cm³/mol. The summed E-state index contributed by atoms with van der Waals surface area (Å²) < 4.78 is 7.53. The van der Waals surface area contributed by atoms with Crippen molar-refractivity contribution in [3.63, 3.8) is 0 Å². The zero-order valence-electron chi connectivity index (χ0n) is 32.7. The van der Waals surface area contributed by atoms with Crippen LogP contribution in [0.25, 0.3) is 76.8 Å². The number of allylic oxidation sites excluding steroid dienone is 1. The average molecular weight is 737 g/mol. The molecule has 1 aliphatic rings. The van der Waals surface area contributed by atoms with Crippen molar-refractivity contribution in [3.05, 3.63) is 182 Å². The predicted octanol–water partition coefficient (Wildman–Crippen LogP) is 13.6. The molecule has 4 heterocycles. The highest BCUT2D eigenvalue weighted by atomic mass is 15.1. The van der Waals surface area contributed by atoms with Gasteiger partial charge in [0.25, 0.3) is 0 Å². The molecule has 0 saturated heterocycles. The van der Waals surface area contributed by atoms with E-state index in [0.29, 0.717) is 5.92 Å². The van der Waals surface area contributed by atoms with E-state index in [1.54, 1.807) is 0 Å². The first kappa shape index (κ1) is 33.7. The van der Waals surface area contributed by atoms with Crippen LogP contribution in [0.1, 0.15) is 39.2 Å². The van der Waals surface area contributed by atoms with Crippen LogP contribution in [-0.4, -0.2) is 25.5 Å². The summed E-state index contributed by atoms with van der Waals surface area (Å²) in [6.45, 7) is 12.2. The minimum absolute atomic E-state index is 0.142. The van der Waals surface area contributed by atoms with Crippen LogP contribution in [0.15, 0.2) is 181 Å². The van der Waals surface area contributed by atoms with E-state index in [1.165, 1.54) is 65.4 Å². The molecule has 3 aromatic heterocycles. The molecule has 11 rings (SSSR count). The maximum atomic E-state index is 5.63. The molecule has 276 valence electrons. The molecule has 4 nitrogen and oxygen atoms in total. The van der Waals surface area contributed by atoms with Gasteiger partial charge in [-0.3, -0.25) is 4.99 Å². The Hall–Kier alpha value is -6.65.